The van der Waals surface area contributed by atoms with Crippen molar-refractivity contribution in [2.24, 2.45) is 11.3 Å². The third-order valence-electron chi connectivity index (χ3n) is 4.30. The first-order valence-electron chi connectivity index (χ1n) is 8.61. The van der Waals surface area contributed by atoms with E-state index in [0.29, 0.717) is 12.0 Å². The van der Waals surface area contributed by atoms with Crippen molar-refractivity contribution in [2.75, 3.05) is 6.61 Å². The number of amides is 1. The Labute approximate surface area is 140 Å². The van der Waals surface area contributed by atoms with Crippen molar-refractivity contribution in [3.8, 4) is 5.75 Å². The van der Waals surface area contributed by atoms with Gasteiger partial charge in [-0.1, -0.05) is 46.2 Å². The fourth-order valence-corrected chi connectivity index (χ4v) is 2.72. The van der Waals surface area contributed by atoms with E-state index in [2.05, 4.69) is 33.0 Å². The largest absolute Gasteiger partial charge is 0.494 e. The average Bonchev–Trinajstić information content (AvgIpc) is 3.26. The summed E-state index contributed by atoms with van der Waals surface area (Å²) < 4.78 is 5.63. The maximum absolute atomic E-state index is 12.0. The van der Waals surface area contributed by atoms with Crippen molar-refractivity contribution in [3.05, 3.63) is 35.9 Å². The minimum Gasteiger partial charge on any atom is -0.494 e. The van der Waals surface area contributed by atoms with Crippen molar-refractivity contribution < 1.29 is 9.53 Å². The Morgan fingerprint density at radius 1 is 1.30 bits per heavy atom. The zero-order chi connectivity index (χ0) is 16.9. The second-order valence-corrected chi connectivity index (χ2v) is 7.43. The van der Waals surface area contributed by atoms with E-state index in [1.54, 1.807) is 6.08 Å². The van der Waals surface area contributed by atoms with Crippen molar-refractivity contribution in [3.63, 3.8) is 0 Å². The lowest BCUT2D eigenvalue weighted by atomic mass is 9.90. The van der Waals surface area contributed by atoms with Crippen LogP contribution in [0.5, 0.6) is 5.75 Å². The van der Waals surface area contributed by atoms with Gasteiger partial charge in [-0.3, -0.25) is 4.79 Å². The molecule has 1 fully saturated rings. The number of unbranched alkanes of at least 4 members (excludes halogenated alkanes) is 1. The molecule has 1 saturated carbocycles. The van der Waals surface area contributed by atoms with Crippen LogP contribution in [0.4, 0.5) is 0 Å². The van der Waals surface area contributed by atoms with Crippen LogP contribution >= 0.6 is 0 Å². The highest BCUT2D eigenvalue weighted by Crippen LogP contribution is 2.45. The lowest BCUT2D eigenvalue weighted by Gasteiger charge is -2.17. The molecule has 0 spiro atoms. The van der Waals surface area contributed by atoms with Gasteiger partial charge in [-0.25, -0.2) is 0 Å². The van der Waals surface area contributed by atoms with Crippen LogP contribution in [-0.4, -0.2) is 18.6 Å². The number of hydrogen-bond donors (Lipinski definition) is 1. The van der Waals surface area contributed by atoms with E-state index in [4.69, 9.17) is 4.74 Å². The lowest BCUT2D eigenvalue weighted by molar-refractivity contribution is -0.116. The maximum Gasteiger partial charge on any atom is 0.244 e. The van der Waals surface area contributed by atoms with Gasteiger partial charge >= 0.3 is 0 Å². The Balaban J connectivity index is 1.78. The third kappa shape index (κ3) is 5.74. The molecule has 3 nitrogen and oxygen atoms in total. The first-order valence-corrected chi connectivity index (χ1v) is 8.61. The molecule has 0 saturated heterocycles. The average molecular weight is 315 g/mol. The Morgan fingerprint density at radius 3 is 2.57 bits per heavy atom. The van der Waals surface area contributed by atoms with Crippen molar-refractivity contribution >= 4 is 12.0 Å². The lowest BCUT2D eigenvalue weighted by Crippen LogP contribution is -2.27. The molecular weight excluding hydrogens is 286 g/mol. The Kier molecular flexibility index (Phi) is 5.86. The highest BCUT2D eigenvalue weighted by molar-refractivity contribution is 5.92. The summed E-state index contributed by atoms with van der Waals surface area (Å²) in [5.41, 5.74) is 1.28. The zero-order valence-electron chi connectivity index (χ0n) is 14.8. The number of hydrogen-bond acceptors (Lipinski definition) is 2. The predicted octanol–water partition coefficient (Wildman–Crippen LogP) is 4.43. The number of nitrogens with one attached hydrogen (secondary N) is 1. The van der Waals surface area contributed by atoms with Crippen LogP contribution in [0.15, 0.2) is 30.3 Å². The van der Waals surface area contributed by atoms with Gasteiger partial charge in [0.15, 0.2) is 0 Å². The molecule has 1 amide bonds. The van der Waals surface area contributed by atoms with Crippen LogP contribution < -0.4 is 10.1 Å². The predicted molar refractivity (Wildman–Crippen MR) is 95.4 cm³/mol. The molecule has 2 atom stereocenters. The van der Waals surface area contributed by atoms with E-state index in [9.17, 15) is 4.79 Å². The molecule has 0 bridgehead atoms. The summed E-state index contributed by atoms with van der Waals surface area (Å²) in [6.07, 6.45) is 6.75. The molecule has 0 aromatic heterocycles. The smallest absolute Gasteiger partial charge is 0.244 e. The van der Waals surface area contributed by atoms with Gasteiger partial charge in [-0.2, -0.15) is 0 Å². The van der Waals surface area contributed by atoms with Crippen molar-refractivity contribution in [1.29, 1.82) is 0 Å². The number of benzene rings is 1. The maximum atomic E-state index is 12.0. The second-order valence-electron chi connectivity index (χ2n) is 7.43. The number of carbonyl (C=O) groups excluding carboxylic acids is 1. The number of carbonyl (C=O) groups is 1. The highest BCUT2D eigenvalue weighted by Gasteiger charge is 2.45. The van der Waals surface area contributed by atoms with E-state index in [0.717, 1.165) is 37.2 Å². The van der Waals surface area contributed by atoms with Gasteiger partial charge in [0.25, 0.3) is 0 Å². The molecule has 0 radical (unpaired) electrons. The van der Waals surface area contributed by atoms with Crippen LogP contribution in [0.1, 0.15) is 52.5 Å². The Morgan fingerprint density at radius 2 is 2.00 bits per heavy atom. The first kappa shape index (κ1) is 17.6. The molecule has 3 heteroatoms. The van der Waals surface area contributed by atoms with Gasteiger partial charge in [0.1, 0.15) is 5.75 Å². The number of rotatable bonds is 7. The summed E-state index contributed by atoms with van der Waals surface area (Å²) in [5.74, 6) is 1.47. The van der Waals surface area contributed by atoms with E-state index in [-0.39, 0.29) is 11.3 Å². The van der Waals surface area contributed by atoms with Crippen molar-refractivity contribution in [1.82, 2.24) is 5.32 Å². The van der Waals surface area contributed by atoms with Gasteiger partial charge in [0.05, 0.1) is 6.61 Å². The Hall–Kier alpha value is -1.77. The Bertz CT molecular complexity index is 540. The van der Waals surface area contributed by atoms with E-state index in [1.807, 2.05) is 30.3 Å². The van der Waals surface area contributed by atoms with Crippen LogP contribution in [-0.2, 0) is 4.79 Å². The zero-order valence-corrected chi connectivity index (χ0v) is 14.8. The van der Waals surface area contributed by atoms with Gasteiger partial charge in [0, 0.05) is 12.1 Å². The molecule has 2 unspecified atom stereocenters. The quantitative estimate of drug-likeness (QED) is 0.597. The molecule has 1 aliphatic rings. The summed E-state index contributed by atoms with van der Waals surface area (Å²) in [6.45, 7) is 9.58. The van der Waals surface area contributed by atoms with Crippen LogP contribution in [0, 0.1) is 11.3 Å². The van der Waals surface area contributed by atoms with Gasteiger partial charge in [-0.15, -0.1) is 0 Å². The van der Waals surface area contributed by atoms with Gasteiger partial charge in [0.2, 0.25) is 5.91 Å². The molecule has 23 heavy (non-hydrogen) atoms. The standard InChI is InChI=1S/C20H29NO2/c1-5-6-13-23-16-10-7-15(8-11-16)9-12-19(22)21-18-14-17(18)20(2,3)4/h7-12,17-18H,5-6,13-14H2,1-4H3,(H,21,22)/b12-9+. The second kappa shape index (κ2) is 7.67. The van der Waals surface area contributed by atoms with Crippen molar-refractivity contribution in [2.45, 2.75) is 53.0 Å². The molecule has 1 aliphatic carbocycles. The monoisotopic (exact) mass is 315 g/mol. The SMILES string of the molecule is CCCCOc1ccc(/C=C/C(=O)NC2CC2C(C)(C)C)cc1. The molecule has 1 aromatic rings. The summed E-state index contributed by atoms with van der Waals surface area (Å²) in [6, 6.07) is 8.18. The van der Waals surface area contributed by atoms with E-state index in [1.165, 1.54) is 0 Å². The van der Waals surface area contributed by atoms with E-state index >= 15 is 0 Å². The molecule has 1 N–H and O–H groups in total. The minimum atomic E-state index is -0.00924. The summed E-state index contributed by atoms with van der Waals surface area (Å²) >= 11 is 0. The topological polar surface area (TPSA) is 38.3 Å². The van der Waals surface area contributed by atoms with Gasteiger partial charge in [-0.05, 0) is 47.9 Å². The third-order valence-corrected chi connectivity index (χ3v) is 4.30. The van der Waals surface area contributed by atoms with Crippen LogP contribution in [0.25, 0.3) is 6.08 Å². The van der Waals surface area contributed by atoms with Crippen LogP contribution in [0.2, 0.25) is 0 Å². The highest BCUT2D eigenvalue weighted by atomic mass is 16.5. The minimum absolute atomic E-state index is 0.00924. The van der Waals surface area contributed by atoms with Gasteiger partial charge < -0.3 is 10.1 Å². The molecular formula is C20H29NO2. The fourth-order valence-electron chi connectivity index (χ4n) is 2.72. The summed E-state index contributed by atoms with van der Waals surface area (Å²) in [7, 11) is 0. The molecule has 0 heterocycles. The number of ether oxygens (including phenoxy) is 1. The fraction of sp³-hybridized carbons (Fsp3) is 0.550. The molecule has 126 valence electrons. The summed E-state index contributed by atoms with van der Waals surface area (Å²) in [5, 5.41) is 3.08. The first-order chi connectivity index (χ1) is 10.9. The van der Waals surface area contributed by atoms with E-state index < -0.39 is 0 Å². The summed E-state index contributed by atoms with van der Waals surface area (Å²) in [4.78, 5) is 12.0. The molecule has 1 aromatic carbocycles. The molecule has 0 aliphatic heterocycles. The molecule has 2 rings (SSSR count). The van der Waals surface area contributed by atoms with Crippen LogP contribution in [0.3, 0.4) is 0 Å². The normalized spacial score (nSPS) is 20.5.